The molecule has 1 N–H and O–H groups in total. The van der Waals surface area contributed by atoms with Crippen molar-refractivity contribution >= 4 is 9.68 Å². The van der Waals surface area contributed by atoms with Gasteiger partial charge in [0, 0.05) is 6.54 Å². The Labute approximate surface area is 52.4 Å². The van der Waals surface area contributed by atoms with E-state index in [0.717, 1.165) is 29.2 Å². The zero-order chi connectivity index (χ0) is 5.98. The smallest absolute Gasteiger partial charge is 0.138 e. The quantitative estimate of drug-likeness (QED) is 0.492. The summed E-state index contributed by atoms with van der Waals surface area (Å²) < 4.78 is 2.28. The van der Waals surface area contributed by atoms with Gasteiger partial charge in [-0.05, 0) is 13.0 Å². The number of nitrogens with zero attached hydrogens (tertiary/aromatic N) is 1. The zero-order valence-corrected chi connectivity index (χ0v) is 6.09. The summed E-state index contributed by atoms with van der Waals surface area (Å²) in [6, 6.07) is 0. The van der Waals surface area contributed by atoms with Gasteiger partial charge in [0.05, 0.1) is 6.10 Å². The molecule has 0 saturated carbocycles. The van der Waals surface area contributed by atoms with Gasteiger partial charge < -0.3 is 9.67 Å². The summed E-state index contributed by atoms with van der Waals surface area (Å²) in [6.07, 6.45) is 0.934. The van der Waals surface area contributed by atoms with Crippen LogP contribution in [0.15, 0.2) is 0 Å². The van der Waals surface area contributed by atoms with E-state index in [1.807, 2.05) is 0 Å². The zero-order valence-electron chi connectivity index (χ0n) is 5.09. The van der Waals surface area contributed by atoms with Crippen LogP contribution in [-0.2, 0) is 0 Å². The molecule has 8 heavy (non-hydrogen) atoms. The third-order valence-corrected chi connectivity index (χ3v) is 2.52. The number of aliphatic hydroxyl groups excluding tert-OH is 1. The van der Waals surface area contributed by atoms with Crippen LogP contribution in [0, 0.1) is 0 Å². The van der Waals surface area contributed by atoms with Crippen LogP contribution in [0.3, 0.4) is 0 Å². The normalized spacial score (nSPS) is 31.5. The Kier molecular flexibility index (Phi) is 2.05. The Balaban J connectivity index is 2.22. The average Bonchev–Trinajstić information content (AvgIpc) is 2.14. The van der Waals surface area contributed by atoms with E-state index in [2.05, 4.69) is 11.1 Å². The van der Waals surface area contributed by atoms with Gasteiger partial charge >= 0.3 is 0 Å². The second-order valence-corrected chi connectivity index (χ2v) is 3.19. The van der Waals surface area contributed by atoms with Crippen LogP contribution in [-0.4, -0.2) is 38.5 Å². The molecule has 0 unspecified atom stereocenters. The standard InChI is InChI=1S/C5H11NOSi/c1-8-6-3-2-5(7)4-6/h5,7H,2-4H2,1H3/t5-/m0/s1. The van der Waals surface area contributed by atoms with Crippen LogP contribution >= 0.6 is 0 Å². The maximum atomic E-state index is 8.99. The van der Waals surface area contributed by atoms with Gasteiger partial charge in [0.15, 0.2) is 0 Å². The van der Waals surface area contributed by atoms with Crippen molar-refractivity contribution in [3.05, 3.63) is 0 Å². The molecule has 1 rings (SSSR count). The highest BCUT2D eigenvalue weighted by molar-refractivity contribution is 6.29. The lowest BCUT2D eigenvalue weighted by atomic mass is 10.3. The Morgan fingerprint density at radius 1 is 1.75 bits per heavy atom. The van der Waals surface area contributed by atoms with Crippen LogP contribution in [0.4, 0.5) is 0 Å². The molecule has 0 spiro atoms. The third kappa shape index (κ3) is 1.31. The van der Waals surface area contributed by atoms with Crippen LogP contribution in [0.5, 0.6) is 0 Å². The minimum Gasteiger partial charge on any atom is -0.392 e. The van der Waals surface area contributed by atoms with Crippen molar-refractivity contribution in [2.45, 2.75) is 19.1 Å². The second-order valence-electron chi connectivity index (χ2n) is 2.11. The molecular formula is C5H11NOSi. The van der Waals surface area contributed by atoms with Gasteiger partial charge in [0.25, 0.3) is 0 Å². The third-order valence-electron chi connectivity index (χ3n) is 1.48. The average molecular weight is 129 g/mol. The van der Waals surface area contributed by atoms with E-state index in [-0.39, 0.29) is 6.10 Å². The van der Waals surface area contributed by atoms with Crippen molar-refractivity contribution in [2.24, 2.45) is 0 Å². The largest absolute Gasteiger partial charge is 0.392 e. The van der Waals surface area contributed by atoms with Crippen LogP contribution in [0.2, 0.25) is 6.55 Å². The van der Waals surface area contributed by atoms with E-state index in [1.54, 1.807) is 0 Å². The predicted octanol–water partition coefficient (Wildman–Crippen LogP) is -0.280. The number of hydrogen-bond donors (Lipinski definition) is 1. The van der Waals surface area contributed by atoms with Gasteiger partial charge in [-0.1, -0.05) is 6.55 Å². The highest BCUT2D eigenvalue weighted by Crippen LogP contribution is 2.05. The van der Waals surface area contributed by atoms with Gasteiger partial charge in [-0.2, -0.15) is 0 Å². The topological polar surface area (TPSA) is 23.5 Å². The maximum Gasteiger partial charge on any atom is 0.138 e. The monoisotopic (exact) mass is 129 g/mol. The molecular weight excluding hydrogens is 118 g/mol. The number of rotatable bonds is 1. The molecule has 0 bridgehead atoms. The molecule has 1 aliphatic heterocycles. The van der Waals surface area contributed by atoms with Crippen molar-refractivity contribution < 1.29 is 5.11 Å². The molecule has 2 radical (unpaired) electrons. The van der Waals surface area contributed by atoms with Crippen molar-refractivity contribution in [3.8, 4) is 0 Å². The Morgan fingerprint density at radius 2 is 2.50 bits per heavy atom. The molecule has 46 valence electrons. The fourth-order valence-corrected chi connectivity index (χ4v) is 1.69. The lowest BCUT2D eigenvalue weighted by molar-refractivity contribution is 0.189. The van der Waals surface area contributed by atoms with Crippen molar-refractivity contribution in [1.82, 2.24) is 4.57 Å². The number of aliphatic hydroxyl groups is 1. The summed E-state index contributed by atoms with van der Waals surface area (Å²) >= 11 is 0. The molecule has 2 nitrogen and oxygen atoms in total. The van der Waals surface area contributed by atoms with Crippen molar-refractivity contribution in [1.29, 1.82) is 0 Å². The minimum absolute atomic E-state index is 0.0394. The highest BCUT2D eigenvalue weighted by Gasteiger charge is 2.17. The minimum atomic E-state index is -0.0394. The Bertz CT molecular complexity index is 78.8. The number of hydrogen-bond acceptors (Lipinski definition) is 2. The van der Waals surface area contributed by atoms with E-state index in [4.69, 9.17) is 5.11 Å². The van der Waals surface area contributed by atoms with E-state index >= 15 is 0 Å². The summed E-state index contributed by atoms with van der Waals surface area (Å²) in [5.41, 5.74) is 0. The first-order valence-corrected chi connectivity index (χ1v) is 4.38. The fraction of sp³-hybridized carbons (Fsp3) is 1.00. The molecule has 1 aliphatic rings. The number of β-amino-alcohol motifs (C(OH)–C–C–N with tert-alkyl or cyclic N) is 1. The van der Waals surface area contributed by atoms with Crippen molar-refractivity contribution in [2.75, 3.05) is 13.1 Å². The first kappa shape index (κ1) is 6.26. The fourth-order valence-electron chi connectivity index (χ4n) is 0.945. The van der Waals surface area contributed by atoms with Gasteiger partial charge in [-0.15, -0.1) is 0 Å². The van der Waals surface area contributed by atoms with E-state index < -0.39 is 0 Å². The van der Waals surface area contributed by atoms with Gasteiger partial charge in [-0.3, -0.25) is 0 Å². The SMILES string of the molecule is C[Si]N1CC[C@H](O)C1. The molecule has 0 aromatic rings. The molecule has 0 amide bonds. The lowest BCUT2D eigenvalue weighted by Gasteiger charge is -2.08. The lowest BCUT2D eigenvalue weighted by Crippen LogP contribution is -2.23. The molecule has 1 atom stereocenters. The molecule has 1 fully saturated rings. The molecule has 0 aliphatic carbocycles. The summed E-state index contributed by atoms with van der Waals surface area (Å²) in [5.74, 6) is 0. The Morgan fingerprint density at radius 3 is 2.75 bits per heavy atom. The summed E-state index contributed by atoms with van der Waals surface area (Å²) in [7, 11) is 0.871. The van der Waals surface area contributed by atoms with Crippen LogP contribution < -0.4 is 0 Å². The van der Waals surface area contributed by atoms with Crippen LogP contribution in [0.25, 0.3) is 0 Å². The van der Waals surface area contributed by atoms with Crippen LogP contribution in [0.1, 0.15) is 6.42 Å². The Hall–Kier alpha value is 0.137. The van der Waals surface area contributed by atoms with Gasteiger partial charge in [0.2, 0.25) is 0 Å². The summed E-state index contributed by atoms with van der Waals surface area (Å²) in [5, 5.41) is 8.99. The maximum absolute atomic E-state index is 8.99. The van der Waals surface area contributed by atoms with E-state index in [9.17, 15) is 0 Å². The molecule has 3 heteroatoms. The van der Waals surface area contributed by atoms with Gasteiger partial charge in [0.1, 0.15) is 9.68 Å². The molecule has 1 saturated heterocycles. The summed E-state index contributed by atoms with van der Waals surface area (Å²) in [6.45, 7) is 4.14. The van der Waals surface area contributed by atoms with E-state index in [1.165, 1.54) is 0 Å². The van der Waals surface area contributed by atoms with Gasteiger partial charge in [-0.25, -0.2) is 0 Å². The first-order valence-electron chi connectivity index (χ1n) is 2.93. The summed E-state index contributed by atoms with van der Waals surface area (Å²) in [4.78, 5) is 0. The highest BCUT2D eigenvalue weighted by atomic mass is 28.2. The first-order chi connectivity index (χ1) is 3.83. The molecule has 0 aromatic heterocycles. The molecule has 1 heterocycles. The second kappa shape index (κ2) is 2.62. The molecule has 0 aromatic carbocycles. The van der Waals surface area contributed by atoms with Crippen molar-refractivity contribution in [3.63, 3.8) is 0 Å². The van der Waals surface area contributed by atoms with E-state index in [0.29, 0.717) is 0 Å². The predicted molar refractivity (Wildman–Crippen MR) is 33.8 cm³/mol.